The molecule has 2 aliphatic carbocycles. The number of hydrogen-bond donors (Lipinski definition) is 0. The average Bonchev–Trinajstić information content (AvgIpc) is 2.50. The molecule has 2 aliphatic rings. The van der Waals surface area contributed by atoms with Crippen LogP contribution in [-0.4, -0.2) is 18.7 Å². The molecule has 0 radical (unpaired) electrons. The Balaban J connectivity index is 2.59. The zero-order valence-corrected chi connectivity index (χ0v) is 12.9. The summed E-state index contributed by atoms with van der Waals surface area (Å²) in [7, 11) is 1.50. The Hall–Kier alpha value is -2.16. The third-order valence-electron chi connectivity index (χ3n) is 3.80. The van der Waals surface area contributed by atoms with Crippen LogP contribution in [0.5, 0.6) is 0 Å². The second kappa shape index (κ2) is 6.08. The first-order valence-electron chi connectivity index (χ1n) is 7.20. The highest BCUT2D eigenvalue weighted by molar-refractivity contribution is 6.11. The van der Waals surface area contributed by atoms with Gasteiger partial charge in [0.05, 0.1) is 7.11 Å². The van der Waals surface area contributed by atoms with Gasteiger partial charge in [-0.05, 0) is 60.8 Å². The lowest BCUT2D eigenvalue weighted by atomic mass is 9.88. The van der Waals surface area contributed by atoms with E-state index in [-0.39, 0.29) is 11.6 Å². The van der Waals surface area contributed by atoms with Crippen molar-refractivity contribution < 1.29 is 14.3 Å². The summed E-state index contributed by atoms with van der Waals surface area (Å²) in [5.41, 5.74) is 4.13. The number of rotatable bonds is 3. The Morgan fingerprint density at radius 2 is 1.38 bits per heavy atom. The van der Waals surface area contributed by atoms with Crippen molar-refractivity contribution in [3.05, 3.63) is 57.9 Å². The van der Waals surface area contributed by atoms with Gasteiger partial charge in [-0.3, -0.25) is 9.59 Å². The molecule has 3 nitrogen and oxygen atoms in total. The lowest BCUT2D eigenvalue weighted by Gasteiger charge is -2.18. The van der Waals surface area contributed by atoms with E-state index in [9.17, 15) is 9.59 Å². The average molecular weight is 284 g/mol. The van der Waals surface area contributed by atoms with Crippen LogP contribution in [0.3, 0.4) is 0 Å². The number of carbonyl (C=O) groups is 2. The zero-order valence-electron chi connectivity index (χ0n) is 12.9. The minimum absolute atomic E-state index is 0.0587. The van der Waals surface area contributed by atoms with Crippen molar-refractivity contribution in [3.63, 3.8) is 0 Å². The summed E-state index contributed by atoms with van der Waals surface area (Å²) in [5, 5.41) is 0. The summed E-state index contributed by atoms with van der Waals surface area (Å²) in [4.78, 5) is 24.1. The van der Waals surface area contributed by atoms with Gasteiger partial charge >= 0.3 is 0 Å². The number of ether oxygens (including phenoxy) is 1. The fourth-order valence-corrected chi connectivity index (χ4v) is 2.52. The van der Waals surface area contributed by atoms with Gasteiger partial charge in [-0.25, -0.2) is 0 Å². The molecule has 0 atom stereocenters. The fourth-order valence-electron chi connectivity index (χ4n) is 2.52. The van der Waals surface area contributed by atoms with E-state index in [4.69, 9.17) is 4.74 Å². The first-order valence-corrected chi connectivity index (χ1v) is 7.20. The van der Waals surface area contributed by atoms with E-state index < -0.39 is 0 Å². The van der Waals surface area contributed by atoms with E-state index >= 15 is 0 Å². The van der Waals surface area contributed by atoms with Crippen molar-refractivity contribution in [3.8, 4) is 0 Å². The Kier molecular flexibility index (Phi) is 4.41. The summed E-state index contributed by atoms with van der Waals surface area (Å²) in [5.74, 6) is 0.396. The van der Waals surface area contributed by atoms with Crippen molar-refractivity contribution in [2.45, 2.75) is 33.6 Å². The summed E-state index contributed by atoms with van der Waals surface area (Å²) in [6.45, 7) is 5.74. The zero-order chi connectivity index (χ0) is 15.6. The van der Waals surface area contributed by atoms with Gasteiger partial charge in [0.25, 0.3) is 0 Å². The first kappa shape index (κ1) is 15.2. The van der Waals surface area contributed by atoms with Crippen LogP contribution >= 0.6 is 0 Å². The van der Waals surface area contributed by atoms with Crippen molar-refractivity contribution in [2.75, 3.05) is 7.11 Å². The third-order valence-corrected chi connectivity index (χ3v) is 3.80. The molecule has 0 aliphatic heterocycles. The highest BCUT2D eigenvalue weighted by atomic mass is 16.5. The number of carbonyl (C=O) groups excluding carboxylic acids is 2. The van der Waals surface area contributed by atoms with Crippen LogP contribution in [0.2, 0.25) is 0 Å². The van der Waals surface area contributed by atoms with Crippen LogP contribution in [0.1, 0.15) is 33.6 Å². The molecule has 21 heavy (non-hydrogen) atoms. The van der Waals surface area contributed by atoms with Crippen molar-refractivity contribution >= 4 is 11.6 Å². The molecule has 0 N–H and O–H groups in total. The molecule has 3 heteroatoms. The van der Waals surface area contributed by atoms with E-state index in [1.165, 1.54) is 7.11 Å². The van der Waals surface area contributed by atoms with E-state index in [1.807, 2.05) is 39.0 Å². The fraction of sp³-hybridized carbons (Fsp3) is 0.333. The van der Waals surface area contributed by atoms with Gasteiger partial charge in [0.15, 0.2) is 11.5 Å². The molecule has 0 aromatic carbocycles. The normalized spacial score (nSPS) is 22.5. The highest BCUT2D eigenvalue weighted by Crippen LogP contribution is 2.29. The predicted molar refractivity (Wildman–Crippen MR) is 82.6 cm³/mol. The Labute approximate surface area is 125 Å². The van der Waals surface area contributed by atoms with Gasteiger partial charge < -0.3 is 4.74 Å². The smallest absolute Gasteiger partial charge is 0.223 e. The molecule has 2 rings (SSSR count). The SMILES string of the molecule is CCC1=C/C(=C2\C=C(CC)C(=O)C(OC)=C2)C=C(C)C1=O. The third kappa shape index (κ3) is 2.82. The van der Waals surface area contributed by atoms with E-state index in [2.05, 4.69) is 0 Å². The highest BCUT2D eigenvalue weighted by Gasteiger charge is 2.22. The maximum absolute atomic E-state index is 12.1. The molecule has 0 saturated heterocycles. The number of Topliss-reactive ketones (excluding diaryl/α,β-unsaturated/α-hetero) is 2. The Bertz CT molecular complexity index is 626. The molecule has 0 saturated carbocycles. The molecule has 110 valence electrons. The maximum atomic E-state index is 12.1. The van der Waals surface area contributed by atoms with Gasteiger partial charge in [-0.1, -0.05) is 13.8 Å². The Morgan fingerprint density at radius 3 is 1.90 bits per heavy atom. The molecular weight excluding hydrogens is 264 g/mol. The maximum Gasteiger partial charge on any atom is 0.223 e. The summed E-state index contributed by atoms with van der Waals surface area (Å²) in [6.07, 6.45) is 8.78. The van der Waals surface area contributed by atoms with Gasteiger partial charge in [-0.15, -0.1) is 0 Å². The van der Waals surface area contributed by atoms with Crippen LogP contribution in [0.25, 0.3) is 0 Å². The molecule has 0 aromatic rings. The van der Waals surface area contributed by atoms with Gasteiger partial charge in [0, 0.05) is 11.1 Å². The predicted octanol–water partition coefficient (Wildman–Crippen LogP) is 3.60. The van der Waals surface area contributed by atoms with Crippen LogP contribution < -0.4 is 0 Å². The summed E-state index contributed by atoms with van der Waals surface area (Å²) >= 11 is 0. The largest absolute Gasteiger partial charge is 0.493 e. The van der Waals surface area contributed by atoms with Crippen molar-refractivity contribution in [1.82, 2.24) is 0 Å². The minimum Gasteiger partial charge on any atom is -0.493 e. The van der Waals surface area contributed by atoms with Gasteiger partial charge in [0.2, 0.25) is 5.78 Å². The quantitative estimate of drug-likeness (QED) is 0.795. The first-order chi connectivity index (χ1) is 10.0. The summed E-state index contributed by atoms with van der Waals surface area (Å²) in [6, 6.07) is 0. The van der Waals surface area contributed by atoms with Crippen molar-refractivity contribution in [2.24, 2.45) is 0 Å². The lowest BCUT2D eigenvalue weighted by Crippen LogP contribution is -2.13. The minimum atomic E-state index is -0.0587. The summed E-state index contributed by atoms with van der Waals surface area (Å²) < 4.78 is 5.19. The van der Waals surface area contributed by atoms with E-state index in [1.54, 1.807) is 6.08 Å². The standard InChI is InChI=1S/C18H20O3/c1-5-12-8-14(7-11(3)17(12)19)15-9-13(6-2)18(20)16(10-15)21-4/h7-10H,5-6H2,1-4H3/b15-14+. The number of hydrogen-bond acceptors (Lipinski definition) is 3. The lowest BCUT2D eigenvalue weighted by molar-refractivity contribution is -0.115. The second-order valence-electron chi connectivity index (χ2n) is 5.16. The monoisotopic (exact) mass is 284 g/mol. The van der Waals surface area contributed by atoms with Crippen LogP contribution in [0, 0.1) is 0 Å². The Morgan fingerprint density at radius 1 is 0.857 bits per heavy atom. The van der Waals surface area contributed by atoms with E-state index in [0.29, 0.717) is 18.6 Å². The van der Waals surface area contributed by atoms with Crippen molar-refractivity contribution in [1.29, 1.82) is 0 Å². The molecule has 0 amide bonds. The molecule has 0 heterocycles. The second-order valence-corrected chi connectivity index (χ2v) is 5.16. The van der Waals surface area contributed by atoms with Gasteiger partial charge in [0.1, 0.15) is 0 Å². The number of ketones is 2. The van der Waals surface area contributed by atoms with Crippen LogP contribution in [-0.2, 0) is 14.3 Å². The number of allylic oxidation sites excluding steroid dienone is 9. The topological polar surface area (TPSA) is 43.4 Å². The molecule has 0 bridgehead atoms. The molecular formula is C18H20O3. The van der Waals surface area contributed by atoms with Crippen LogP contribution in [0.15, 0.2) is 57.9 Å². The van der Waals surface area contributed by atoms with Gasteiger partial charge in [-0.2, -0.15) is 0 Å². The van der Waals surface area contributed by atoms with Crippen LogP contribution in [0.4, 0.5) is 0 Å². The molecule has 0 unspecified atom stereocenters. The van der Waals surface area contributed by atoms with E-state index in [0.717, 1.165) is 27.9 Å². The molecule has 0 spiro atoms. The molecule has 0 fully saturated rings. The molecule has 0 aromatic heterocycles. The number of methoxy groups -OCH3 is 1.